The van der Waals surface area contributed by atoms with Crippen molar-refractivity contribution < 1.29 is 18.1 Å². The molecule has 2 aromatic carbocycles. The van der Waals surface area contributed by atoms with Gasteiger partial charge in [-0.3, -0.25) is 9.10 Å². The van der Waals surface area contributed by atoms with Crippen LogP contribution in [0.25, 0.3) is 0 Å². The van der Waals surface area contributed by atoms with Crippen LogP contribution in [0.2, 0.25) is 0 Å². The first-order valence-electron chi connectivity index (χ1n) is 10.7. The maximum absolute atomic E-state index is 12.8. The van der Waals surface area contributed by atoms with E-state index in [0.717, 1.165) is 30.5 Å². The molecule has 0 atom stereocenters. The molecule has 7 heteroatoms. The minimum absolute atomic E-state index is 0.127. The minimum atomic E-state index is -3.30. The van der Waals surface area contributed by atoms with Crippen LogP contribution in [0.3, 0.4) is 0 Å². The highest BCUT2D eigenvalue weighted by atomic mass is 32.2. The second-order valence-corrected chi connectivity index (χ2v) is 10.3. The Kier molecular flexibility index (Phi) is 6.11. The van der Waals surface area contributed by atoms with Crippen LogP contribution < -0.4 is 14.5 Å². The van der Waals surface area contributed by atoms with E-state index in [1.807, 2.05) is 12.1 Å². The molecule has 4 rings (SSSR count). The number of fused-ring (bicyclic) bond motifs is 1. The molecule has 0 radical (unpaired) electrons. The molecule has 0 unspecified atom stereocenters. The number of amides is 1. The number of nitrogens with one attached hydrogen (secondary N) is 2. The predicted octanol–water partition coefficient (Wildman–Crippen LogP) is 1.51. The van der Waals surface area contributed by atoms with Crippen molar-refractivity contribution in [3.63, 3.8) is 0 Å². The summed E-state index contributed by atoms with van der Waals surface area (Å²) in [5, 5.41) is 3.05. The second kappa shape index (κ2) is 8.78. The molecule has 1 saturated heterocycles. The summed E-state index contributed by atoms with van der Waals surface area (Å²) >= 11 is 0. The Labute approximate surface area is 178 Å². The Balaban J connectivity index is 1.45. The van der Waals surface area contributed by atoms with Crippen LogP contribution >= 0.6 is 0 Å². The number of likely N-dealkylation sites (tertiary alicyclic amines) is 1. The molecule has 160 valence electrons. The van der Waals surface area contributed by atoms with Gasteiger partial charge in [-0.25, -0.2) is 8.42 Å². The Morgan fingerprint density at radius 2 is 1.80 bits per heavy atom. The molecule has 0 bridgehead atoms. The van der Waals surface area contributed by atoms with Crippen molar-refractivity contribution in [1.29, 1.82) is 0 Å². The number of nitrogens with zero attached hydrogens (tertiary/aromatic N) is 1. The molecule has 0 spiro atoms. The third kappa shape index (κ3) is 4.68. The maximum Gasteiger partial charge on any atom is 0.251 e. The van der Waals surface area contributed by atoms with Gasteiger partial charge >= 0.3 is 0 Å². The Morgan fingerprint density at radius 1 is 1.07 bits per heavy atom. The topological polar surface area (TPSA) is 70.9 Å². The number of quaternary nitrogens is 1. The predicted molar refractivity (Wildman–Crippen MR) is 118 cm³/mol. The van der Waals surface area contributed by atoms with Gasteiger partial charge in [0.15, 0.2) is 0 Å². The molecular formula is C23H30N3O3S+. The highest BCUT2D eigenvalue weighted by Crippen LogP contribution is 2.29. The van der Waals surface area contributed by atoms with Crippen molar-refractivity contribution in [3.05, 3.63) is 64.7 Å². The average Bonchev–Trinajstić information content (AvgIpc) is 3.24. The molecule has 1 amide bonds. The normalized spacial score (nSPS) is 17.0. The van der Waals surface area contributed by atoms with Gasteiger partial charge in [0.25, 0.3) is 5.91 Å². The number of hydrogen-bond donors (Lipinski definition) is 2. The lowest BCUT2D eigenvalue weighted by atomic mass is 10.0. The van der Waals surface area contributed by atoms with Crippen LogP contribution in [0, 0.1) is 0 Å². The lowest BCUT2D eigenvalue weighted by Gasteiger charge is -2.29. The van der Waals surface area contributed by atoms with Gasteiger partial charge in [0.05, 0.1) is 25.0 Å². The lowest BCUT2D eigenvalue weighted by Crippen LogP contribution is -3.08. The fraction of sp³-hybridized carbons (Fsp3) is 0.435. The zero-order valence-corrected chi connectivity index (χ0v) is 18.3. The molecule has 6 nitrogen and oxygen atoms in total. The molecule has 0 saturated carbocycles. The van der Waals surface area contributed by atoms with Crippen LogP contribution in [-0.4, -0.2) is 40.2 Å². The van der Waals surface area contributed by atoms with Gasteiger partial charge in [0.2, 0.25) is 10.0 Å². The van der Waals surface area contributed by atoms with E-state index < -0.39 is 10.0 Å². The SMILES string of the molecule is CS(=O)(=O)N1CCCc2cc(C(=O)NCc3ccccc3C[NH+]3CCCC3)ccc21. The largest absolute Gasteiger partial charge is 0.348 e. The van der Waals surface area contributed by atoms with Crippen molar-refractivity contribution in [2.45, 2.75) is 38.8 Å². The molecule has 30 heavy (non-hydrogen) atoms. The summed E-state index contributed by atoms with van der Waals surface area (Å²) in [6.07, 6.45) is 5.36. The van der Waals surface area contributed by atoms with Crippen molar-refractivity contribution in [2.24, 2.45) is 0 Å². The monoisotopic (exact) mass is 428 g/mol. The van der Waals surface area contributed by atoms with Crippen LogP contribution in [0.1, 0.15) is 46.3 Å². The quantitative estimate of drug-likeness (QED) is 0.733. The molecule has 0 aliphatic carbocycles. The van der Waals surface area contributed by atoms with E-state index in [9.17, 15) is 13.2 Å². The zero-order chi connectivity index (χ0) is 21.1. The summed E-state index contributed by atoms with van der Waals surface area (Å²) in [4.78, 5) is 14.4. The van der Waals surface area contributed by atoms with Gasteiger partial charge in [0, 0.05) is 37.1 Å². The molecule has 2 N–H and O–H groups in total. The fourth-order valence-electron chi connectivity index (χ4n) is 4.55. The van der Waals surface area contributed by atoms with Crippen molar-refractivity contribution in [3.8, 4) is 0 Å². The van der Waals surface area contributed by atoms with Crippen molar-refractivity contribution >= 4 is 21.6 Å². The Hall–Kier alpha value is -2.38. The highest BCUT2D eigenvalue weighted by Gasteiger charge is 2.25. The number of aryl methyl sites for hydroxylation is 1. The van der Waals surface area contributed by atoms with Crippen LogP contribution in [0.15, 0.2) is 42.5 Å². The number of anilines is 1. The van der Waals surface area contributed by atoms with Crippen LogP contribution in [0.4, 0.5) is 5.69 Å². The molecule has 2 aliphatic heterocycles. The van der Waals surface area contributed by atoms with Gasteiger partial charge in [-0.05, 0) is 42.2 Å². The highest BCUT2D eigenvalue weighted by molar-refractivity contribution is 7.92. The number of carbonyl (C=O) groups excluding carboxylic acids is 1. The van der Waals surface area contributed by atoms with Crippen molar-refractivity contribution in [1.82, 2.24) is 5.32 Å². The number of benzene rings is 2. The zero-order valence-electron chi connectivity index (χ0n) is 17.5. The second-order valence-electron chi connectivity index (χ2n) is 8.37. The molecular weight excluding hydrogens is 398 g/mol. The number of rotatable bonds is 6. The van der Waals surface area contributed by atoms with Crippen LogP contribution in [0.5, 0.6) is 0 Å². The Bertz CT molecular complexity index is 1030. The summed E-state index contributed by atoms with van der Waals surface area (Å²) in [5.41, 5.74) is 4.64. The smallest absolute Gasteiger partial charge is 0.251 e. The standard InChI is InChI=1S/C23H29N3O3S/c1-30(28,29)26-14-6-9-18-15-19(10-11-22(18)26)23(27)24-16-20-7-2-3-8-21(20)17-25-12-4-5-13-25/h2-3,7-8,10-11,15H,4-6,9,12-14,16-17H2,1H3,(H,24,27)/p+1. The van der Waals surface area contributed by atoms with Crippen LogP contribution in [-0.2, 0) is 29.5 Å². The number of sulfonamides is 1. The summed E-state index contributed by atoms with van der Waals surface area (Å²) < 4.78 is 25.5. The van der Waals surface area contributed by atoms with Gasteiger partial charge < -0.3 is 10.2 Å². The summed E-state index contributed by atoms with van der Waals surface area (Å²) in [7, 11) is -3.30. The first-order valence-corrected chi connectivity index (χ1v) is 12.6. The molecule has 2 aliphatic rings. The van der Waals surface area contributed by atoms with Gasteiger partial charge in [-0.15, -0.1) is 0 Å². The number of carbonyl (C=O) groups is 1. The first-order chi connectivity index (χ1) is 14.4. The van der Waals surface area contributed by atoms with E-state index in [0.29, 0.717) is 24.3 Å². The summed E-state index contributed by atoms with van der Waals surface area (Å²) in [5.74, 6) is -0.127. The first kappa shape index (κ1) is 20.9. The summed E-state index contributed by atoms with van der Waals surface area (Å²) in [6, 6.07) is 13.6. The van der Waals surface area contributed by atoms with Gasteiger partial charge in [-0.1, -0.05) is 24.3 Å². The third-order valence-corrected chi connectivity index (χ3v) is 7.31. The summed E-state index contributed by atoms with van der Waals surface area (Å²) in [6.45, 7) is 4.44. The van der Waals surface area contributed by atoms with E-state index in [-0.39, 0.29) is 5.91 Å². The molecule has 2 aromatic rings. The molecule has 0 aromatic heterocycles. The minimum Gasteiger partial charge on any atom is -0.348 e. The average molecular weight is 429 g/mol. The Morgan fingerprint density at radius 3 is 2.53 bits per heavy atom. The van der Waals surface area contributed by atoms with E-state index >= 15 is 0 Å². The van der Waals surface area contributed by atoms with E-state index in [1.165, 1.54) is 42.1 Å². The third-order valence-electron chi connectivity index (χ3n) is 6.13. The maximum atomic E-state index is 12.8. The lowest BCUT2D eigenvalue weighted by molar-refractivity contribution is -0.901. The fourth-order valence-corrected chi connectivity index (χ4v) is 5.55. The van der Waals surface area contributed by atoms with E-state index in [2.05, 4.69) is 23.5 Å². The number of hydrogen-bond acceptors (Lipinski definition) is 3. The molecule has 1 fully saturated rings. The molecule has 2 heterocycles. The van der Waals surface area contributed by atoms with Gasteiger partial charge in [0.1, 0.15) is 6.54 Å². The van der Waals surface area contributed by atoms with E-state index in [1.54, 1.807) is 17.0 Å². The van der Waals surface area contributed by atoms with Crippen molar-refractivity contribution in [2.75, 3.05) is 30.2 Å². The van der Waals surface area contributed by atoms with E-state index in [4.69, 9.17) is 0 Å². The van der Waals surface area contributed by atoms with Gasteiger partial charge in [-0.2, -0.15) is 0 Å².